The monoisotopic (exact) mass is 392 g/mol. The third-order valence-electron chi connectivity index (χ3n) is 5.57. The highest BCUT2D eigenvalue weighted by molar-refractivity contribution is 6.31. The highest BCUT2D eigenvalue weighted by atomic mass is 35.5. The van der Waals surface area contributed by atoms with Crippen LogP contribution in [0.2, 0.25) is 5.02 Å². The molecule has 7 heteroatoms. The van der Waals surface area contributed by atoms with Gasteiger partial charge in [-0.05, 0) is 49.2 Å². The maximum Gasteiger partial charge on any atom is 0.240 e. The summed E-state index contributed by atoms with van der Waals surface area (Å²) in [6.07, 6.45) is 1.68. The van der Waals surface area contributed by atoms with Crippen molar-refractivity contribution in [2.24, 2.45) is 0 Å². The lowest BCUT2D eigenvalue weighted by Crippen LogP contribution is -2.43. The normalized spacial score (nSPS) is 20.0. The van der Waals surface area contributed by atoms with Crippen LogP contribution in [0.1, 0.15) is 28.7 Å². The summed E-state index contributed by atoms with van der Waals surface area (Å²) in [7, 11) is 0. The van der Waals surface area contributed by atoms with Gasteiger partial charge in [-0.25, -0.2) is 4.68 Å². The Kier molecular flexibility index (Phi) is 3.46. The molecule has 2 aromatic carbocycles. The Morgan fingerprint density at radius 2 is 1.89 bits per heavy atom. The first-order chi connectivity index (χ1) is 13.4. The number of nitrogens with zero attached hydrogens (tertiary/aromatic N) is 2. The molecule has 140 valence electrons. The van der Waals surface area contributed by atoms with Gasteiger partial charge in [0.2, 0.25) is 11.8 Å². The number of amides is 2. The van der Waals surface area contributed by atoms with Gasteiger partial charge >= 0.3 is 0 Å². The second-order valence-electron chi connectivity index (χ2n) is 7.38. The molecular weight excluding hydrogens is 376 g/mol. The highest BCUT2D eigenvalue weighted by Gasteiger charge is 2.54. The first-order valence-corrected chi connectivity index (χ1v) is 9.35. The minimum absolute atomic E-state index is 0.0117. The van der Waals surface area contributed by atoms with Crippen LogP contribution in [0.4, 0.5) is 11.5 Å². The van der Waals surface area contributed by atoms with Crippen molar-refractivity contribution in [1.29, 1.82) is 0 Å². The van der Waals surface area contributed by atoms with Crippen molar-refractivity contribution in [3.05, 3.63) is 69.9 Å². The number of carbonyl (C=O) groups is 2. The molecule has 1 spiro atoms. The number of hydrogen-bond acceptors (Lipinski definition) is 3. The number of aromatic nitrogens is 2. The highest BCUT2D eigenvalue weighted by Crippen LogP contribution is 2.50. The van der Waals surface area contributed by atoms with E-state index in [2.05, 4.69) is 21.8 Å². The van der Waals surface area contributed by atoms with Crippen LogP contribution < -0.4 is 10.6 Å². The molecule has 6 nitrogen and oxygen atoms in total. The van der Waals surface area contributed by atoms with Gasteiger partial charge < -0.3 is 10.6 Å². The molecule has 0 saturated carbocycles. The van der Waals surface area contributed by atoms with Crippen LogP contribution in [-0.4, -0.2) is 21.6 Å². The van der Waals surface area contributed by atoms with E-state index >= 15 is 0 Å². The fraction of sp³-hybridized carbons (Fsp3) is 0.190. The van der Waals surface area contributed by atoms with E-state index in [9.17, 15) is 9.59 Å². The molecule has 0 aliphatic carbocycles. The molecule has 2 N–H and O–H groups in total. The van der Waals surface area contributed by atoms with Crippen molar-refractivity contribution in [3.63, 3.8) is 0 Å². The van der Waals surface area contributed by atoms with Crippen LogP contribution >= 0.6 is 11.6 Å². The molecule has 0 saturated heterocycles. The zero-order valence-corrected chi connectivity index (χ0v) is 16.1. The quantitative estimate of drug-likeness (QED) is 0.662. The summed E-state index contributed by atoms with van der Waals surface area (Å²) >= 11 is 6.21. The molecule has 1 aromatic heterocycles. The van der Waals surface area contributed by atoms with Gasteiger partial charge in [-0.15, -0.1) is 0 Å². The minimum Gasteiger partial charge on any atom is -0.325 e. The van der Waals surface area contributed by atoms with E-state index in [0.717, 1.165) is 16.8 Å². The predicted octanol–water partition coefficient (Wildman–Crippen LogP) is 3.72. The van der Waals surface area contributed by atoms with E-state index < -0.39 is 5.41 Å². The number of anilines is 2. The number of benzene rings is 2. The Balaban J connectivity index is 1.77. The number of aryl methyl sites for hydroxylation is 2. The van der Waals surface area contributed by atoms with Gasteiger partial charge in [0, 0.05) is 22.7 Å². The van der Waals surface area contributed by atoms with Gasteiger partial charge in [0.25, 0.3) is 0 Å². The lowest BCUT2D eigenvalue weighted by atomic mass is 9.72. The smallest absolute Gasteiger partial charge is 0.240 e. The average Bonchev–Trinajstić information content (AvgIpc) is 3.16. The number of rotatable bonds is 1. The predicted molar refractivity (Wildman–Crippen MR) is 107 cm³/mol. The largest absolute Gasteiger partial charge is 0.325 e. The maximum atomic E-state index is 13.1. The van der Waals surface area contributed by atoms with Crippen LogP contribution in [-0.2, 0) is 15.0 Å². The van der Waals surface area contributed by atoms with Gasteiger partial charge in [0.15, 0.2) is 0 Å². The van der Waals surface area contributed by atoms with Crippen molar-refractivity contribution < 1.29 is 9.59 Å². The van der Waals surface area contributed by atoms with Crippen LogP contribution in [0.25, 0.3) is 5.69 Å². The van der Waals surface area contributed by atoms with Gasteiger partial charge in [0.05, 0.1) is 11.9 Å². The van der Waals surface area contributed by atoms with Crippen molar-refractivity contribution in [3.8, 4) is 5.69 Å². The summed E-state index contributed by atoms with van der Waals surface area (Å²) in [5.41, 5.74) is 3.95. The third-order valence-corrected chi connectivity index (χ3v) is 5.81. The Bertz CT molecular complexity index is 1180. The summed E-state index contributed by atoms with van der Waals surface area (Å²) in [6, 6.07) is 11.3. The van der Waals surface area contributed by atoms with E-state index in [4.69, 9.17) is 11.6 Å². The summed E-state index contributed by atoms with van der Waals surface area (Å²) in [6.45, 7) is 4.02. The molecule has 3 aromatic rings. The van der Waals surface area contributed by atoms with E-state index in [1.807, 2.05) is 26.0 Å². The Morgan fingerprint density at radius 1 is 1.07 bits per heavy atom. The number of fused-ring (bicyclic) bond motifs is 4. The van der Waals surface area contributed by atoms with Crippen LogP contribution in [0.15, 0.2) is 42.6 Å². The number of halogens is 1. The Hall–Kier alpha value is -3.12. The number of nitrogens with one attached hydrogen (secondary N) is 2. The molecule has 1 atom stereocenters. The molecule has 3 heterocycles. The molecule has 0 bridgehead atoms. The summed E-state index contributed by atoms with van der Waals surface area (Å²) in [4.78, 5) is 25.8. The van der Waals surface area contributed by atoms with Gasteiger partial charge in [-0.2, -0.15) is 5.10 Å². The zero-order chi connectivity index (χ0) is 19.6. The lowest BCUT2D eigenvalue weighted by Gasteiger charge is -2.31. The van der Waals surface area contributed by atoms with Crippen molar-refractivity contribution in [2.45, 2.75) is 25.7 Å². The maximum absolute atomic E-state index is 13.1. The van der Waals surface area contributed by atoms with E-state index in [1.54, 1.807) is 29.1 Å². The number of carbonyl (C=O) groups excluding carboxylic acids is 2. The van der Waals surface area contributed by atoms with Crippen molar-refractivity contribution >= 4 is 34.9 Å². The fourth-order valence-corrected chi connectivity index (χ4v) is 4.46. The van der Waals surface area contributed by atoms with Gasteiger partial charge in [0.1, 0.15) is 11.2 Å². The molecule has 2 aliphatic rings. The number of hydrogen-bond donors (Lipinski definition) is 2. The lowest BCUT2D eigenvalue weighted by molar-refractivity contribution is -0.125. The first-order valence-electron chi connectivity index (χ1n) is 8.97. The van der Waals surface area contributed by atoms with E-state index in [-0.39, 0.29) is 18.2 Å². The first kappa shape index (κ1) is 17.0. The second kappa shape index (κ2) is 5.69. The van der Waals surface area contributed by atoms with E-state index in [1.165, 1.54) is 0 Å². The van der Waals surface area contributed by atoms with Crippen LogP contribution in [0.5, 0.6) is 0 Å². The van der Waals surface area contributed by atoms with E-state index in [0.29, 0.717) is 27.7 Å². The molecule has 28 heavy (non-hydrogen) atoms. The molecule has 2 aliphatic heterocycles. The third kappa shape index (κ3) is 2.18. The van der Waals surface area contributed by atoms with Crippen LogP contribution in [0.3, 0.4) is 0 Å². The Morgan fingerprint density at radius 3 is 2.68 bits per heavy atom. The zero-order valence-electron chi connectivity index (χ0n) is 15.3. The molecule has 0 fully saturated rings. The van der Waals surface area contributed by atoms with Crippen molar-refractivity contribution in [1.82, 2.24) is 9.78 Å². The minimum atomic E-state index is -1.13. The molecule has 0 unspecified atom stereocenters. The van der Waals surface area contributed by atoms with Gasteiger partial charge in [-0.1, -0.05) is 29.3 Å². The standard InChI is InChI=1S/C21H17ClN4O2/c1-11-3-6-17(12(2)7-11)26-19-15(10-23-26)21(9-18(27)25-19)14-8-13(22)4-5-16(14)24-20(21)28/h3-8,10H,9H2,1-2H3,(H,24,28)(H,25,27)/t21-/m0/s1. The SMILES string of the molecule is Cc1ccc(-n2ncc3c2NC(=O)C[C@@]32C(=O)Nc3ccc(Cl)cc32)c(C)c1. The molecular formula is C21H17ClN4O2. The van der Waals surface area contributed by atoms with Gasteiger partial charge in [-0.3, -0.25) is 9.59 Å². The summed E-state index contributed by atoms with van der Waals surface area (Å²) < 4.78 is 1.69. The second-order valence-corrected chi connectivity index (χ2v) is 7.82. The summed E-state index contributed by atoms with van der Waals surface area (Å²) in [5.74, 6) is 0.0502. The van der Waals surface area contributed by atoms with Crippen molar-refractivity contribution in [2.75, 3.05) is 10.6 Å². The fourth-order valence-electron chi connectivity index (χ4n) is 4.29. The van der Waals surface area contributed by atoms with Crippen LogP contribution in [0, 0.1) is 13.8 Å². The molecule has 0 radical (unpaired) electrons. The molecule has 5 rings (SSSR count). The topological polar surface area (TPSA) is 76.0 Å². The molecule has 2 amide bonds. The summed E-state index contributed by atoms with van der Waals surface area (Å²) in [5, 5.41) is 10.9. The Labute approximate surface area is 166 Å². The average molecular weight is 393 g/mol.